The molecule has 1 atom stereocenters. The van der Waals surface area contributed by atoms with Crippen LogP contribution in [-0.4, -0.2) is 33.7 Å². The lowest BCUT2D eigenvalue weighted by molar-refractivity contribution is -0.122. The number of sulfonamides is 1. The zero-order chi connectivity index (χ0) is 20.2. The molecule has 9 heteroatoms. The van der Waals surface area contributed by atoms with Gasteiger partial charge >= 0.3 is 0 Å². The minimum absolute atomic E-state index is 0.199. The van der Waals surface area contributed by atoms with Crippen molar-refractivity contribution < 1.29 is 17.9 Å². The number of hydrogen-bond donors (Lipinski definition) is 1. The molecule has 2 rings (SSSR count). The van der Waals surface area contributed by atoms with E-state index in [9.17, 15) is 13.2 Å². The van der Waals surface area contributed by atoms with Crippen molar-refractivity contribution in [2.45, 2.75) is 19.5 Å². The average molecular weight is 431 g/mol. The van der Waals surface area contributed by atoms with Gasteiger partial charge in [-0.2, -0.15) is 0 Å². The van der Waals surface area contributed by atoms with E-state index >= 15 is 0 Å². The third kappa shape index (κ3) is 5.28. The van der Waals surface area contributed by atoms with Crippen molar-refractivity contribution in [2.24, 2.45) is 0 Å². The van der Waals surface area contributed by atoms with Crippen LogP contribution in [0.15, 0.2) is 42.5 Å². The van der Waals surface area contributed by atoms with Gasteiger partial charge in [-0.05, 0) is 31.2 Å². The van der Waals surface area contributed by atoms with E-state index < -0.39 is 22.0 Å². The molecule has 2 aromatic carbocycles. The molecule has 0 aliphatic carbocycles. The quantitative estimate of drug-likeness (QED) is 0.729. The fraction of sp³-hybridized carbons (Fsp3) is 0.278. The second-order valence-corrected chi connectivity index (χ2v) is 8.54. The first-order valence-electron chi connectivity index (χ1n) is 7.99. The molecule has 146 valence electrons. The SMILES string of the molecule is COc1ccccc1CNC(=O)C(C)N(c1ccc(Cl)c(Cl)c1)S(C)(=O)=O. The van der Waals surface area contributed by atoms with E-state index in [1.54, 1.807) is 13.2 Å². The molecule has 2 aromatic rings. The van der Waals surface area contributed by atoms with Crippen molar-refractivity contribution in [1.82, 2.24) is 5.32 Å². The molecule has 0 aromatic heterocycles. The largest absolute Gasteiger partial charge is 0.496 e. The van der Waals surface area contributed by atoms with Gasteiger partial charge in [-0.1, -0.05) is 41.4 Å². The Morgan fingerprint density at radius 2 is 1.85 bits per heavy atom. The highest BCUT2D eigenvalue weighted by molar-refractivity contribution is 7.92. The highest BCUT2D eigenvalue weighted by Gasteiger charge is 2.29. The van der Waals surface area contributed by atoms with Gasteiger partial charge in [-0.15, -0.1) is 0 Å². The number of anilines is 1. The first-order chi connectivity index (χ1) is 12.6. The minimum atomic E-state index is -3.74. The fourth-order valence-electron chi connectivity index (χ4n) is 2.61. The molecule has 0 heterocycles. The van der Waals surface area contributed by atoms with Crippen LogP contribution in [0.3, 0.4) is 0 Å². The van der Waals surface area contributed by atoms with Crippen LogP contribution in [0.1, 0.15) is 12.5 Å². The van der Waals surface area contributed by atoms with Gasteiger partial charge < -0.3 is 10.1 Å². The maximum Gasteiger partial charge on any atom is 0.243 e. The normalized spacial score (nSPS) is 12.3. The molecule has 0 bridgehead atoms. The molecular weight excluding hydrogens is 411 g/mol. The Kier molecular flexibility index (Phi) is 6.97. The molecule has 0 fully saturated rings. The molecule has 1 N–H and O–H groups in total. The molecule has 6 nitrogen and oxygen atoms in total. The van der Waals surface area contributed by atoms with Crippen molar-refractivity contribution in [1.29, 1.82) is 0 Å². The van der Waals surface area contributed by atoms with Gasteiger partial charge in [0.2, 0.25) is 15.9 Å². The summed E-state index contributed by atoms with van der Waals surface area (Å²) in [5, 5.41) is 3.23. The van der Waals surface area contributed by atoms with Crippen molar-refractivity contribution >= 4 is 44.8 Å². The molecule has 0 spiro atoms. The maximum atomic E-state index is 12.6. The maximum absolute atomic E-state index is 12.6. The summed E-state index contributed by atoms with van der Waals surface area (Å²) in [5.41, 5.74) is 1.04. The Morgan fingerprint density at radius 1 is 1.19 bits per heavy atom. The number of halogens is 2. The summed E-state index contributed by atoms with van der Waals surface area (Å²) < 4.78 is 30.9. The Balaban J connectivity index is 2.23. The van der Waals surface area contributed by atoms with Gasteiger partial charge in [0.15, 0.2) is 0 Å². The first kappa shape index (κ1) is 21.3. The second-order valence-electron chi connectivity index (χ2n) is 5.86. The summed E-state index contributed by atoms with van der Waals surface area (Å²) in [6.45, 7) is 1.70. The number of benzene rings is 2. The van der Waals surface area contributed by atoms with Crippen molar-refractivity contribution in [2.75, 3.05) is 17.7 Å². The van der Waals surface area contributed by atoms with Crippen LogP contribution in [0.2, 0.25) is 10.0 Å². The summed E-state index contributed by atoms with van der Waals surface area (Å²) in [5.74, 6) is 0.173. The third-order valence-corrected chi connectivity index (χ3v) is 5.87. The summed E-state index contributed by atoms with van der Waals surface area (Å²) in [4.78, 5) is 12.6. The van der Waals surface area contributed by atoms with Gasteiger partial charge in [-0.3, -0.25) is 9.10 Å². The van der Waals surface area contributed by atoms with Crippen LogP contribution in [0.25, 0.3) is 0 Å². The number of para-hydroxylation sites is 1. The Labute approximate surface area is 169 Å². The lowest BCUT2D eigenvalue weighted by atomic mass is 10.2. The zero-order valence-corrected chi connectivity index (χ0v) is 17.4. The lowest BCUT2D eigenvalue weighted by Crippen LogP contribution is -2.47. The predicted molar refractivity (Wildman–Crippen MR) is 108 cm³/mol. The standard InChI is InChI=1S/C18H20Cl2N2O4S/c1-12(18(23)21-11-13-6-4-5-7-17(13)26-2)22(27(3,24)25)14-8-9-15(19)16(20)10-14/h4-10,12H,11H2,1-3H3,(H,21,23). The predicted octanol–water partition coefficient (Wildman–Crippen LogP) is 3.47. The molecule has 0 saturated carbocycles. The molecule has 0 aliphatic rings. The number of carbonyl (C=O) groups is 1. The Bertz CT molecular complexity index is 935. The summed E-state index contributed by atoms with van der Waals surface area (Å²) >= 11 is 11.9. The number of rotatable bonds is 7. The van der Waals surface area contributed by atoms with Crippen LogP contribution < -0.4 is 14.4 Å². The Morgan fingerprint density at radius 3 is 2.44 bits per heavy atom. The molecule has 0 aliphatic heterocycles. The van der Waals surface area contributed by atoms with Gasteiger partial charge in [0.25, 0.3) is 0 Å². The van der Waals surface area contributed by atoms with E-state index in [0.29, 0.717) is 10.8 Å². The van der Waals surface area contributed by atoms with Gasteiger partial charge in [0.1, 0.15) is 11.8 Å². The molecule has 27 heavy (non-hydrogen) atoms. The number of carbonyl (C=O) groups excluding carboxylic acids is 1. The number of methoxy groups -OCH3 is 1. The van der Waals surface area contributed by atoms with Crippen LogP contribution in [0.4, 0.5) is 5.69 Å². The van der Waals surface area contributed by atoms with Gasteiger partial charge in [0.05, 0.1) is 29.1 Å². The van der Waals surface area contributed by atoms with E-state index in [1.165, 1.54) is 25.1 Å². The number of hydrogen-bond acceptors (Lipinski definition) is 4. The lowest BCUT2D eigenvalue weighted by Gasteiger charge is -2.28. The number of nitrogens with zero attached hydrogens (tertiary/aromatic N) is 1. The summed E-state index contributed by atoms with van der Waals surface area (Å²) in [6, 6.07) is 10.6. The van der Waals surface area contributed by atoms with E-state index in [4.69, 9.17) is 27.9 Å². The smallest absolute Gasteiger partial charge is 0.243 e. The molecule has 1 unspecified atom stereocenters. The number of ether oxygens (including phenoxy) is 1. The molecule has 0 radical (unpaired) electrons. The van der Waals surface area contributed by atoms with Crippen LogP contribution in [-0.2, 0) is 21.4 Å². The van der Waals surface area contributed by atoms with E-state index in [0.717, 1.165) is 16.1 Å². The average Bonchev–Trinajstić information content (AvgIpc) is 2.61. The molecule has 0 saturated heterocycles. The first-order valence-corrected chi connectivity index (χ1v) is 10.6. The number of amides is 1. The Hall–Kier alpha value is -1.96. The van der Waals surface area contributed by atoms with Crippen LogP contribution in [0.5, 0.6) is 5.75 Å². The number of nitrogens with one attached hydrogen (secondary N) is 1. The topological polar surface area (TPSA) is 75.7 Å². The van der Waals surface area contributed by atoms with Gasteiger partial charge in [-0.25, -0.2) is 8.42 Å². The highest BCUT2D eigenvalue weighted by atomic mass is 35.5. The van der Waals surface area contributed by atoms with Crippen LogP contribution in [0, 0.1) is 0 Å². The van der Waals surface area contributed by atoms with Crippen molar-refractivity contribution in [3.63, 3.8) is 0 Å². The monoisotopic (exact) mass is 430 g/mol. The zero-order valence-electron chi connectivity index (χ0n) is 15.1. The second kappa shape index (κ2) is 8.82. The fourth-order valence-corrected chi connectivity index (χ4v) is 4.07. The van der Waals surface area contributed by atoms with E-state index in [1.807, 2.05) is 18.2 Å². The molecule has 1 amide bonds. The van der Waals surface area contributed by atoms with Gasteiger partial charge in [0, 0.05) is 12.1 Å². The molecular formula is C18H20Cl2N2O4S. The third-order valence-electron chi connectivity index (χ3n) is 3.89. The van der Waals surface area contributed by atoms with E-state index in [2.05, 4.69) is 5.32 Å². The summed E-state index contributed by atoms with van der Waals surface area (Å²) in [7, 11) is -2.20. The van der Waals surface area contributed by atoms with Crippen LogP contribution >= 0.6 is 23.2 Å². The van der Waals surface area contributed by atoms with Crippen molar-refractivity contribution in [3.8, 4) is 5.75 Å². The highest BCUT2D eigenvalue weighted by Crippen LogP contribution is 2.29. The van der Waals surface area contributed by atoms with E-state index in [-0.39, 0.29) is 17.3 Å². The van der Waals surface area contributed by atoms with Crippen molar-refractivity contribution in [3.05, 3.63) is 58.1 Å². The summed E-state index contributed by atoms with van der Waals surface area (Å²) in [6.07, 6.45) is 1.03. The minimum Gasteiger partial charge on any atom is -0.496 e.